The molecular formula is C9H15N3O. The third kappa shape index (κ3) is 2.65. The van der Waals surface area contributed by atoms with E-state index in [0.29, 0.717) is 6.42 Å². The van der Waals surface area contributed by atoms with Gasteiger partial charge in [0.1, 0.15) is 5.78 Å². The van der Waals surface area contributed by atoms with Crippen LogP contribution in [0.1, 0.15) is 33.4 Å². The maximum absolute atomic E-state index is 10.8. The SMILES string of the molecule is CC(=O)Cc1cn(C(C)(C)C)nn1. The molecule has 13 heavy (non-hydrogen) atoms. The topological polar surface area (TPSA) is 47.8 Å². The summed E-state index contributed by atoms with van der Waals surface area (Å²) in [6.45, 7) is 7.67. The van der Waals surface area contributed by atoms with E-state index < -0.39 is 0 Å². The molecule has 72 valence electrons. The number of Topliss-reactive ketones (excluding diaryl/α,β-unsaturated/α-hetero) is 1. The van der Waals surface area contributed by atoms with Gasteiger partial charge < -0.3 is 0 Å². The molecule has 0 N–H and O–H groups in total. The number of aromatic nitrogens is 3. The van der Waals surface area contributed by atoms with Crippen LogP contribution in [0.4, 0.5) is 0 Å². The fraction of sp³-hybridized carbons (Fsp3) is 0.667. The molecule has 1 aromatic rings. The molecule has 0 saturated carbocycles. The molecule has 0 aromatic carbocycles. The summed E-state index contributed by atoms with van der Waals surface area (Å²) >= 11 is 0. The van der Waals surface area contributed by atoms with Gasteiger partial charge in [-0.25, -0.2) is 4.68 Å². The van der Waals surface area contributed by atoms with E-state index in [1.807, 2.05) is 27.0 Å². The van der Waals surface area contributed by atoms with Crippen molar-refractivity contribution in [2.45, 2.75) is 39.7 Å². The zero-order chi connectivity index (χ0) is 10.1. The van der Waals surface area contributed by atoms with Crippen LogP contribution in [0.5, 0.6) is 0 Å². The predicted molar refractivity (Wildman–Crippen MR) is 49.4 cm³/mol. The van der Waals surface area contributed by atoms with E-state index in [2.05, 4.69) is 10.3 Å². The van der Waals surface area contributed by atoms with Gasteiger partial charge in [0, 0.05) is 6.20 Å². The minimum atomic E-state index is -0.0674. The Morgan fingerprint density at radius 3 is 2.54 bits per heavy atom. The zero-order valence-electron chi connectivity index (χ0n) is 8.53. The van der Waals surface area contributed by atoms with Crippen LogP contribution in [0.25, 0.3) is 0 Å². The summed E-state index contributed by atoms with van der Waals surface area (Å²) in [6, 6.07) is 0. The van der Waals surface area contributed by atoms with Crippen LogP contribution in [0, 0.1) is 0 Å². The maximum Gasteiger partial charge on any atom is 0.135 e. The van der Waals surface area contributed by atoms with E-state index in [1.165, 1.54) is 0 Å². The lowest BCUT2D eigenvalue weighted by Gasteiger charge is -2.17. The summed E-state index contributed by atoms with van der Waals surface area (Å²) < 4.78 is 1.77. The van der Waals surface area contributed by atoms with Gasteiger partial charge in [-0.15, -0.1) is 5.10 Å². The van der Waals surface area contributed by atoms with E-state index >= 15 is 0 Å². The summed E-state index contributed by atoms with van der Waals surface area (Å²) in [5.74, 6) is 0.112. The van der Waals surface area contributed by atoms with E-state index in [-0.39, 0.29) is 11.3 Å². The highest BCUT2D eigenvalue weighted by Gasteiger charge is 2.15. The number of carbonyl (C=O) groups is 1. The van der Waals surface area contributed by atoms with Crippen molar-refractivity contribution in [1.82, 2.24) is 15.0 Å². The highest BCUT2D eigenvalue weighted by Crippen LogP contribution is 2.11. The average molecular weight is 181 g/mol. The first-order valence-corrected chi connectivity index (χ1v) is 4.31. The van der Waals surface area contributed by atoms with E-state index in [1.54, 1.807) is 11.6 Å². The zero-order valence-corrected chi connectivity index (χ0v) is 8.53. The van der Waals surface area contributed by atoms with Crippen LogP contribution >= 0.6 is 0 Å². The van der Waals surface area contributed by atoms with Crippen molar-refractivity contribution in [3.05, 3.63) is 11.9 Å². The Hall–Kier alpha value is -1.19. The van der Waals surface area contributed by atoms with E-state index in [4.69, 9.17) is 0 Å². The van der Waals surface area contributed by atoms with Crippen molar-refractivity contribution in [2.75, 3.05) is 0 Å². The summed E-state index contributed by atoms with van der Waals surface area (Å²) in [6.07, 6.45) is 2.19. The van der Waals surface area contributed by atoms with Gasteiger partial charge in [-0.05, 0) is 27.7 Å². The van der Waals surface area contributed by atoms with Crippen LogP contribution in [0.2, 0.25) is 0 Å². The lowest BCUT2D eigenvalue weighted by molar-refractivity contribution is -0.116. The number of hydrogen-bond acceptors (Lipinski definition) is 3. The minimum absolute atomic E-state index is 0.0674. The van der Waals surface area contributed by atoms with Crippen LogP contribution in [-0.2, 0) is 16.8 Å². The Kier molecular flexibility index (Phi) is 2.50. The Balaban J connectivity index is 2.81. The normalized spacial score (nSPS) is 11.7. The first-order chi connectivity index (χ1) is 5.89. The highest BCUT2D eigenvalue weighted by molar-refractivity contribution is 5.77. The van der Waals surface area contributed by atoms with Gasteiger partial charge in [-0.1, -0.05) is 5.21 Å². The number of rotatable bonds is 2. The fourth-order valence-electron chi connectivity index (χ4n) is 0.962. The molecule has 0 aliphatic carbocycles. The quantitative estimate of drug-likeness (QED) is 0.688. The Morgan fingerprint density at radius 1 is 1.54 bits per heavy atom. The Bertz CT molecular complexity index is 309. The van der Waals surface area contributed by atoms with Crippen molar-refractivity contribution in [3.63, 3.8) is 0 Å². The molecule has 0 unspecified atom stereocenters. The van der Waals surface area contributed by atoms with Gasteiger partial charge in [0.2, 0.25) is 0 Å². The Labute approximate surface area is 77.9 Å². The molecule has 0 bridgehead atoms. The third-order valence-electron chi connectivity index (χ3n) is 1.66. The van der Waals surface area contributed by atoms with Crippen molar-refractivity contribution in [3.8, 4) is 0 Å². The van der Waals surface area contributed by atoms with Gasteiger partial charge in [0.15, 0.2) is 0 Å². The summed E-state index contributed by atoms with van der Waals surface area (Å²) in [5, 5.41) is 7.87. The second-order valence-corrected chi connectivity index (χ2v) is 4.20. The van der Waals surface area contributed by atoms with Gasteiger partial charge in [0.25, 0.3) is 0 Å². The second-order valence-electron chi connectivity index (χ2n) is 4.20. The molecule has 0 aliphatic rings. The molecule has 1 rings (SSSR count). The van der Waals surface area contributed by atoms with Crippen LogP contribution in [0.3, 0.4) is 0 Å². The lowest BCUT2D eigenvalue weighted by atomic mass is 10.1. The molecule has 0 saturated heterocycles. The van der Waals surface area contributed by atoms with Crippen LogP contribution in [0.15, 0.2) is 6.20 Å². The average Bonchev–Trinajstić information content (AvgIpc) is 2.32. The molecule has 0 spiro atoms. The highest BCUT2D eigenvalue weighted by atomic mass is 16.1. The van der Waals surface area contributed by atoms with Crippen molar-refractivity contribution >= 4 is 5.78 Å². The standard InChI is InChI=1S/C9H15N3O/c1-7(13)5-8-6-12(11-10-8)9(2,3)4/h6H,5H2,1-4H3. The summed E-state index contributed by atoms with van der Waals surface area (Å²) in [5.41, 5.74) is 0.671. The molecule has 1 heterocycles. The largest absolute Gasteiger partial charge is 0.300 e. The number of nitrogens with zero attached hydrogens (tertiary/aromatic N) is 3. The number of hydrogen-bond donors (Lipinski definition) is 0. The smallest absolute Gasteiger partial charge is 0.135 e. The summed E-state index contributed by atoms with van der Waals surface area (Å²) in [4.78, 5) is 10.8. The number of carbonyl (C=O) groups excluding carboxylic acids is 1. The maximum atomic E-state index is 10.8. The predicted octanol–water partition coefficient (Wildman–Crippen LogP) is 1.16. The van der Waals surface area contributed by atoms with Crippen molar-refractivity contribution in [2.24, 2.45) is 0 Å². The van der Waals surface area contributed by atoms with Gasteiger partial charge >= 0.3 is 0 Å². The lowest BCUT2D eigenvalue weighted by Crippen LogP contribution is -2.22. The van der Waals surface area contributed by atoms with Gasteiger partial charge in [-0.3, -0.25) is 4.79 Å². The van der Waals surface area contributed by atoms with Crippen molar-refractivity contribution in [1.29, 1.82) is 0 Å². The monoisotopic (exact) mass is 181 g/mol. The van der Waals surface area contributed by atoms with E-state index in [0.717, 1.165) is 5.69 Å². The van der Waals surface area contributed by atoms with Crippen LogP contribution < -0.4 is 0 Å². The van der Waals surface area contributed by atoms with Gasteiger partial charge in [-0.2, -0.15) is 0 Å². The molecule has 4 heteroatoms. The molecule has 0 radical (unpaired) electrons. The summed E-state index contributed by atoms with van der Waals surface area (Å²) in [7, 11) is 0. The molecule has 0 fully saturated rings. The molecule has 4 nitrogen and oxygen atoms in total. The molecular weight excluding hydrogens is 166 g/mol. The molecule has 1 aromatic heterocycles. The molecule has 0 aliphatic heterocycles. The van der Waals surface area contributed by atoms with E-state index in [9.17, 15) is 4.79 Å². The second kappa shape index (κ2) is 3.28. The fourth-order valence-corrected chi connectivity index (χ4v) is 0.962. The molecule has 0 atom stereocenters. The minimum Gasteiger partial charge on any atom is -0.300 e. The first-order valence-electron chi connectivity index (χ1n) is 4.31. The number of ketones is 1. The first kappa shape index (κ1) is 9.89. The van der Waals surface area contributed by atoms with Gasteiger partial charge in [0.05, 0.1) is 17.7 Å². The van der Waals surface area contributed by atoms with Crippen molar-refractivity contribution < 1.29 is 4.79 Å². The molecule has 0 amide bonds. The Morgan fingerprint density at radius 2 is 2.15 bits per heavy atom. The van der Waals surface area contributed by atoms with Crippen LogP contribution in [-0.4, -0.2) is 20.8 Å². The third-order valence-corrected chi connectivity index (χ3v) is 1.66.